The zero-order chi connectivity index (χ0) is 13.9. The van der Waals surface area contributed by atoms with Crippen LogP contribution in [-0.4, -0.2) is 25.7 Å². The maximum Gasteiger partial charge on any atom is 0.224 e. The number of nitrogens with one attached hydrogen (secondary N) is 1. The Hall–Kier alpha value is -1.68. The lowest BCUT2D eigenvalue weighted by Gasteiger charge is -2.15. The van der Waals surface area contributed by atoms with E-state index in [9.17, 15) is 4.79 Å². The number of carbonyl (C=O) groups is 1. The number of hydrogen-bond acceptors (Lipinski definition) is 3. The Kier molecular flexibility index (Phi) is 3.83. The van der Waals surface area contributed by atoms with E-state index in [-0.39, 0.29) is 17.7 Å². The average Bonchev–Trinajstić information content (AvgIpc) is 3.27. The maximum absolute atomic E-state index is 12.1. The van der Waals surface area contributed by atoms with Gasteiger partial charge in [-0.1, -0.05) is 29.8 Å². The molecule has 1 heterocycles. The first kappa shape index (κ1) is 13.3. The molecule has 4 nitrogen and oxygen atoms in total. The monoisotopic (exact) mass is 293 g/mol. The van der Waals surface area contributed by atoms with Gasteiger partial charge in [0.2, 0.25) is 5.91 Å². The molecule has 0 bridgehead atoms. The Morgan fingerprint density at radius 1 is 1.35 bits per heavy atom. The van der Waals surface area contributed by atoms with Gasteiger partial charge in [0.25, 0.3) is 0 Å². The smallest absolute Gasteiger partial charge is 0.224 e. The zero-order valence-corrected chi connectivity index (χ0v) is 11.7. The molecule has 1 N–H and O–H groups in total. The van der Waals surface area contributed by atoms with Crippen LogP contribution in [0.4, 0.5) is 0 Å². The summed E-state index contributed by atoms with van der Waals surface area (Å²) in [5.74, 6) is 0.964. The molecule has 2 aliphatic rings. The lowest BCUT2D eigenvalue weighted by Crippen LogP contribution is -2.29. The summed E-state index contributed by atoms with van der Waals surface area (Å²) in [4.78, 5) is 12.1. The summed E-state index contributed by atoms with van der Waals surface area (Å²) in [6, 6.07) is 7.70. The molecular formula is C15H16ClNO3. The fourth-order valence-electron chi connectivity index (χ4n) is 2.41. The second-order valence-corrected chi connectivity index (χ2v) is 5.40. The molecule has 0 unspecified atom stereocenters. The van der Waals surface area contributed by atoms with Crippen LogP contribution < -0.4 is 5.32 Å². The molecule has 1 fully saturated rings. The van der Waals surface area contributed by atoms with Gasteiger partial charge in [-0.05, 0) is 24.0 Å². The summed E-state index contributed by atoms with van der Waals surface area (Å²) in [6.07, 6.45) is 2.41. The van der Waals surface area contributed by atoms with Gasteiger partial charge in [0.1, 0.15) is 25.2 Å². The van der Waals surface area contributed by atoms with Gasteiger partial charge in [0.15, 0.2) is 0 Å². The normalized spacial score (nSPS) is 24.1. The molecule has 0 aromatic heterocycles. The third-order valence-electron chi connectivity index (χ3n) is 3.57. The van der Waals surface area contributed by atoms with E-state index in [4.69, 9.17) is 21.1 Å². The highest BCUT2D eigenvalue weighted by molar-refractivity contribution is 6.31. The molecule has 1 aromatic carbocycles. The van der Waals surface area contributed by atoms with Crippen molar-refractivity contribution in [2.75, 3.05) is 19.8 Å². The van der Waals surface area contributed by atoms with Crippen LogP contribution in [0.2, 0.25) is 5.02 Å². The van der Waals surface area contributed by atoms with Crippen molar-refractivity contribution in [3.63, 3.8) is 0 Å². The minimum atomic E-state index is 0.0139. The Labute approximate surface area is 122 Å². The van der Waals surface area contributed by atoms with E-state index in [0.717, 1.165) is 17.0 Å². The Balaban J connectivity index is 1.53. The van der Waals surface area contributed by atoms with Crippen LogP contribution in [-0.2, 0) is 14.3 Å². The molecule has 0 saturated heterocycles. The Bertz CT molecular complexity index is 544. The summed E-state index contributed by atoms with van der Waals surface area (Å²) in [5, 5.41) is 3.61. The van der Waals surface area contributed by atoms with Crippen molar-refractivity contribution in [3.8, 4) is 0 Å². The standard InChI is InChI=1S/C15H16ClNO3/c16-14-4-2-1-3-11(14)12-7-13(12)15(18)17-8-10-9-19-5-6-20-10/h1-4,9,12-13H,5-8H2,(H,17,18)/t12-,13+/m0/s1. The van der Waals surface area contributed by atoms with Crippen molar-refractivity contribution in [2.24, 2.45) is 5.92 Å². The van der Waals surface area contributed by atoms with E-state index >= 15 is 0 Å². The van der Waals surface area contributed by atoms with E-state index in [1.807, 2.05) is 24.3 Å². The number of ether oxygens (including phenoxy) is 2. The van der Waals surface area contributed by atoms with Crippen LogP contribution >= 0.6 is 11.6 Å². The summed E-state index contributed by atoms with van der Waals surface area (Å²) in [7, 11) is 0. The highest BCUT2D eigenvalue weighted by Gasteiger charge is 2.44. The van der Waals surface area contributed by atoms with Gasteiger partial charge in [-0.2, -0.15) is 0 Å². The Morgan fingerprint density at radius 3 is 2.95 bits per heavy atom. The van der Waals surface area contributed by atoms with Crippen molar-refractivity contribution < 1.29 is 14.3 Å². The molecule has 0 spiro atoms. The van der Waals surface area contributed by atoms with E-state index in [2.05, 4.69) is 5.32 Å². The van der Waals surface area contributed by atoms with Crippen molar-refractivity contribution in [3.05, 3.63) is 46.9 Å². The minimum Gasteiger partial charge on any atom is -0.494 e. The number of benzene rings is 1. The highest BCUT2D eigenvalue weighted by atomic mass is 35.5. The van der Waals surface area contributed by atoms with Gasteiger partial charge in [-0.15, -0.1) is 0 Å². The second kappa shape index (κ2) is 5.75. The number of carbonyl (C=O) groups excluding carboxylic acids is 1. The van der Waals surface area contributed by atoms with Gasteiger partial charge < -0.3 is 14.8 Å². The molecule has 1 aromatic rings. The molecule has 106 valence electrons. The summed E-state index contributed by atoms with van der Waals surface area (Å²) >= 11 is 6.15. The quantitative estimate of drug-likeness (QED) is 0.927. The number of hydrogen-bond donors (Lipinski definition) is 1. The topological polar surface area (TPSA) is 47.6 Å². The number of rotatable bonds is 4. The molecule has 1 aliphatic carbocycles. The fourth-order valence-corrected chi connectivity index (χ4v) is 2.68. The van der Waals surface area contributed by atoms with Gasteiger partial charge >= 0.3 is 0 Å². The molecular weight excluding hydrogens is 278 g/mol. The first-order valence-corrected chi connectivity index (χ1v) is 7.09. The van der Waals surface area contributed by atoms with Crippen LogP contribution in [0.1, 0.15) is 17.9 Å². The number of halogens is 1. The molecule has 5 heteroatoms. The first-order valence-electron chi connectivity index (χ1n) is 6.71. The summed E-state index contributed by atoms with van der Waals surface area (Å²) in [6.45, 7) is 1.48. The van der Waals surface area contributed by atoms with Crippen LogP contribution in [0.3, 0.4) is 0 Å². The van der Waals surface area contributed by atoms with Crippen molar-refractivity contribution in [1.82, 2.24) is 5.32 Å². The van der Waals surface area contributed by atoms with E-state index in [1.54, 1.807) is 6.26 Å². The SMILES string of the molecule is O=C(NCC1=COCCO1)[C@@H]1C[C@H]1c1ccccc1Cl. The number of amides is 1. The lowest BCUT2D eigenvalue weighted by atomic mass is 10.1. The van der Waals surface area contributed by atoms with Crippen LogP contribution in [0.5, 0.6) is 0 Å². The molecule has 2 atom stereocenters. The molecule has 3 rings (SSSR count). The Morgan fingerprint density at radius 2 is 2.20 bits per heavy atom. The predicted molar refractivity (Wildman–Crippen MR) is 75.3 cm³/mol. The van der Waals surface area contributed by atoms with Crippen LogP contribution in [0.15, 0.2) is 36.3 Å². The van der Waals surface area contributed by atoms with E-state index in [1.165, 1.54) is 0 Å². The molecule has 20 heavy (non-hydrogen) atoms. The summed E-state index contributed by atoms with van der Waals surface area (Å²) in [5.41, 5.74) is 1.06. The van der Waals surface area contributed by atoms with Crippen molar-refractivity contribution in [2.45, 2.75) is 12.3 Å². The van der Waals surface area contributed by atoms with Gasteiger partial charge in [-0.3, -0.25) is 4.79 Å². The molecule has 1 saturated carbocycles. The predicted octanol–water partition coefficient (Wildman–Crippen LogP) is 2.45. The van der Waals surface area contributed by atoms with Gasteiger partial charge in [0, 0.05) is 10.9 Å². The third-order valence-corrected chi connectivity index (χ3v) is 3.92. The van der Waals surface area contributed by atoms with E-state index in [0.29, 0.717) is 25.5 Å². The first-order chi connectivity index (χ1) is 9.75. The van der Waals surface area contributed by atoms with E-state index < -0.39 is 0 Å². The lowest BCUT2D eigenvalue weighted by molar-refractivity contribution is -0.122. The third kappa shape index (κ3) is 2.90. The van der Waals surface area contributed by atoms with Gasteiger partial charge in [0.05, 0.1) is 6.54 Å². The van der Waals surface area contributed by atoms with Crippen LogP contribution in [0.25, 0.3) is 0 Å². The van der Waals surface area contributed by atoms with Crippen LogP contribution in [0, 0.1) is 5.92 Å². The molecule has 1 amide bonds. The minimum absolute atomic E-state index is 0.0139. The van der Waals surface area contributed by atoms with Gasteiger partial charge in [-0.25, -0.2) is 0 Å². The maximum atomic E-state index is 12.1. The average molecular weight is 294 g/mol. The largest absolute Gasteiger partial charge is 0.494 e. The van der Waals surface area contributed by atoms with Crippen molar-refractivity contribution >= 4 is 17.5 Å². The summed E-state index contributed by atoms with van der Waals surface area (Å²) < 4.78 is 10.5. The zero-order valence-electron chi connectivity index (χ0n) is 11.0. The highest BCUT2D eigenvalue weighted by Crippen LogP contribution is 2.49. The van der Waals surface area contributed by atoms with Crippen molar-refractivity contribution in [1.29, 1.82) is 0 Å². The molecule has 1 aliphatic heterocycles. The molecule has 0 radical (unpaired) electrons. The fraction of sp³-hybridized carbons (Fsp3) is 0.400. The second-order valence-electron chi connectivity index (χ2n) is 4.99.